The highest BCUT2D eigenvalue weighted by Gasteiger charge is 2.24. The van der Waals surface area contributed by atoms with Gasteiger partial charge in [0.1, 0.15) is 4.48 Å². The van der Waals surface area contributed by atoms with Crippen LogP contribution in [-0.2, 0) is 14.3 Å². The van der Waals surface area contributed by atoms with Gasteiger partial charge in [-0.1, -0.05) is 0 Å². The molecule has 0 saturated carbocycles. The van der Waals surface area contributed by atoms with Gasteiger partial charge in [0.25, 0.3) is 0 Å². The number of thioether (sulfide) groups is 1. The maximum Gasteiger partial charge on any atom is 0.345 e. The summed E-state index contributed by atoms with van der Waals surface area (Å²) in [6.07, 6.45) is 5.44. The SMILES string of the molecule is CCOC(=O)/C(Br)=C/c1c(SC)c(C(=O)OCC)c2cc(C)ccn12. The molecule has 0 saturated heterocycles. The van der Waals surface area contributed by atoms with Crippen molar-refractivity contribution in [3.05, 3.63) is 39.6 Å². The third-order valence-electron chi connectivity index (χ3n) is 3.50. The van der Waals surface area contributed by atoms with Crippen LogP contribution in [0.15, 0.2) is 27.7 Å². The van der Waals surface area contributed by atoms with Gasteiger partial charge in [-0.25, -0.2) is 9.59 Å². The number of hydrogen-bond acceptors (Lipinski definition) is 5. The molecule has 0 N–H and O–H groups in total. The highest BCUT2D eigenvalue weighted by atomic mass is 79.9. The average Bonchev–Trinajstić information content (AvgIpc) is 2.87. The van der Waals surface area contributed by atoms with Gasteiger partial charge in [-0.05, 0) is 66.7 Å². The van der Waals surface area contributed by atoms with Crippen LogP contribution >= 0.6 is 27.7 Å². The standard InChI is InChI=1S/C18H20BrNO4S/c1-5-23-17(21)12(19)10-14-16(25-4)15(18(22)24-6-2)13-9-11(3)7-8-20(13)14/h7-10H,5-6H2,1-4H3/b12-10-. The van der Waals surface area contributed by atoms with Crippen LogP contribution in [0.3, 0.4) is 0 Å². The molecular formula is C18H20BrNO4S. The zero-order valence-corrected chi connectivity index (χ0v) is 17.0. The molecule has 0 aromatic carbocycles. The number of fused-ring (bicyclic) bond motifs is 1. The fourth-order valence-corrected chi connectivity index (χ4v) is 3.57. The Morgan fingerprint density at radius 1 is 1.28 bits per heavy atom. The van der Waals surface area contributed by atoms with E-state index in [1.807, 2.05) is 35.9 Å². The summed E-state index contributed by atoms with van der Waals surface area (Å²) >= 11 is 4.71. The van der Waals surface area contributed by atoms with Gasteiger partial charge in [-0.15, -0.1) is 11.8 Å². The van der Waals surface area contributed by atoms with Crippen molar-refractivity contribution in [2.45, 2.75) is 25.7 Å². The minimum Gasteiger partial charge on any atom is -0.462 e. The number of pyridine rings is 1. The Bertz CT molecular complexity index is 841. The lowest BCUT2D eigenvalue weighted by molar-refractivity contribution is -0.137. The van der Waals surface area contributed by atoms with Crippen molar-refractivity contribution < 1.29 is 19.1 Å². The Morgan fingerprint density at radius 3 is 2.56 bits per heavy atom. The highest BCUT2D eigenvalue weighted by Crippen LogP contribution is 2.34. The van der Waals surface area contributed by atoms with Crippen molar-refractivity contribution >= 4 is 51.2 Å². The first-order chi connectivity index (χ1) is 11.9. The molecule has 0 atom stereocenters. The summed E-state index contributed by atoms with van der Waals surface area (Å²) < 4.78 is 12.4. The topological polar surface area (TPSA) is 57.0 Å². The summed E-state index contributed by atoms with van der Waals surface area (Å²) in [5, 5.41) is 0. The normalized spacial score (nSPS) is 11.6. The van der Waals surface area contributed by atoms with Gasteiger partial charge in [0.15, 0.2) is 0 Å². The first kappa shape index (κ1) is 19.6. The Kier molecular flexibility index (Phi) is 6.72. The van der Waals surface area contributed by atoms with E-state index in [1.54, 1.807) is 19.9 Å². The maximum absolute atomic E-state index is 12.5. The Balaban J connectivity index is 2.73. The molecule has 2 aromatic heterocycles. The fourth-order valence-electron chi connectivity index (χ4n) is 2.48. The molecule has 0 spiro atoms. The zero-order valence-electron chi connectivity index (χ0n) is 14.6. The van der Waals surface area contributed by atoms with E-state index in [4.69, 9.17) is 9.47 Å². The molecule has 0 radical (unpaired) electrons. The van der Waals surface area contributed by atoms with E-state index in [0.717, 1.165) is 21.7 Å². The van der Waals surface area contributed by atoms with Gasteiger partial charge < -0.3 is 13.9 Å². The van der Waals surface area contributed by atoms with Crippen LogP contribution in [0.25, 0.3) is 11.6 Å². The number of halogens is 1. The molecule has 5 nitrogen and oxygen atoms in total. The molecule has 0 unspecified atom stereocenters. The Morgan fingerprint density at radius 2 is 1.96 bits per heavy atom. The van der Waals surface area contributed by atoms with Crippen molar-refractivity contribution in [2.75, 3.05) is 19.5 Å². The third kappa shape index (κ3) is 4.10. The average molecular weight is 426 g/mol. The number of hydrogen-bond donors (Lipinski definition) is 0. The second kappa shape index (κ2) is 8.58. The second-order valence-corrected chi connectivity index (χ2v) is 6.86. The molecule has 7 heteroatoms. The van der Waals surface area contributed by atoms with Gasteiger partial charge in [0.2, 0.25) is 0 Å². The molecule has 0 bridgehead atoms. The minimum absolute atomic E-state index is 0.291. The molecular weight excluding hydrogens is 406 g/mol. The Hall–Kier alpha value is -1.73. The van der Waals surface area contributed by atoms with E-state index in [0.29, 0.717) is 23.3 Å². The van der Waals surface area contributed by atoms with E-state index in [1.165, 1.54) is 11.8 Å². The van der Waals surface area contributed by atoms with Gasteiger partial charge in [-0.2, -0.15) is 0 Å². The number of carbonyl (C=O) groups is 2. The summed E-state index contributed by atoms with van der Waals surface area (Å²) in [5.41, 5.74) is 3.01. The summed E-state index contributed by atoms with van der Waals surface area (Å²) in [6.45, 7) is 6.08. The minimum atomic E-state index is -0.450. The first-order valence-electron chi connectivity index (χ1n) is 7.84. The number of ether oxygens (including phenoxy) is 2. The van der Waals surface area contributed by atoms with Crippen LogP contribution in [0.4, 0.5) is 0 Å². The molecule has 2 heterocycles. The molecule has 0 aliphatic heterocycles. The van der Waals surface area contributed by atoms with Crippen LogP contribution in [0, 0.1) is 6.92 Å². The molecule has 0 amide bonds. The van der Waals surface area contributed by atoms with E-state index in [2.05, 4.69) is 15.9 Å². The lowest BCUT2D eigenvalue weighted by Crippen LogP contribution is -2.05. The number of esters is 2. The summed E-state index contributed by atoms with van der Waals surface area (Å²) in [7, 11) is 0. The molecule has 0 fully saturated rings. The van der Waals surface area contributed by atoms with Crippen molar-refractivity contribution in [3.63, 3.8) is 0 Å². The lowest BCUT2D eigenvalue weighted by atomic mass is 10.2. The van der Waals surface area contributed by atoms with Gasteiger partial charge >= 0.3 is 11.9 Å². The van der Waals surface area contributed by atoms with Crippen LogP contribution in [-0.4, -0.2) is 35.8 Å². The van der Waals surface area contributed by atoms with Gasteiger partial charge in [0.05, 0.1) is 30.0 Å². The Labute approximate surface area is 159 Å². The number of carbonyl (C=O) groups excluding carboxylic acids is 2. The van der Waals surface area contributed by atoms with E-state index >= 15 is 0 Å². The monoisotopic (exact) mass is 425 g/mol. The molecule has 0 aliphatic carbocycles. The molecule has 0 aliphatic rings. The zero-order chi connectivity index (χ0) is 18.6. The van der Waals surface area contributed by atoms with Crippen molar-refractivity contribution in [3.8, 4) is 0 Å². The predicted molar refractivity (Wildman–Crippen MR) is 103 cm³/mol. The predicted octanol–water partition coefficient (Wildman–Crippen LogP) is 4.45. The van der Waals surface area contributed by atoms with E-state index in [-0.39, 0.29) is 5.97 Å². The van der Waals surface area contributed by atoms with Crippen molar-refractivity contribution in [2.24, 2.45) is 0 Å². The van der Waals surface area contributed by atoms with E-state index in [9.17, 15) is 9.59 Å². The highest BCUT2D eigenvalue weighted by molar-refractivity contribution is 9.12. The van der Waals surface area contributed by atoms with Gasteiger partial charge in [-0.3, -0.25) is 0 Å². The maximum atomic E-state index is 12.5. The van der Waals surface area contributed by atoms with E-state index < -0.39 is 5.97 Å². The quantitative estimate of drug-likeness (QED) is 0.388. The van der Waals surface area contributed by atoms with Crippen molar-refractivity contribution in [1.82, 2.24) is 4.40 Å². The smallest absolute Gasteiger partial charge is 0.345 e. The molecule has 134 valence electrons. The second-order valence-electron chi connectivity index (χ2n) is 5.19. The molecule has 25 heavy (non-hydrogen) atoms. The largest absolute Gasteiger partial charge is 0.462 e. The summed E-state index contributed by atoms with van der Waals surface area (Å²) in [5.74, 6) is -0.823. The number of aryl methyl sites for hydroxylation is 1. The third-order valence-corrected chi connectivity index (χ3v) is 4.88. The van der Waals surface area contributed by atoms with Crippen molar-refractivity contribution in [1.29, 1.82) is 0 Å². The molecule has 2 aromatic rings. The fraction of sp³-hybridized carbons (Fsp3) is 0.333. The molecule has 2 rings (SSSR count). The number of rotatable bonds is 6. The van der Waals surface area contributed by atoms with Crippen LogP contribution in [0.2, 0.25) is 0 Å². The lowest BCUT2D eigenvalue weighted by Gasteiger charge is -2.04. The first-order valence-corrected chi connectivity index (χ1v) is 9.86. The number of nitrogens with zero attached hydrogens (tertiary/aromatic N) is 1. The summed E-state index contributed by atoms with van der Waals surface area (Å²) in [6, 6.07) is 3.88. The number of aromatic nitrogens is 1. The van der Waals surface area contributed by atoms with Crippen LogP contribution in [0.5, 0.6) is 0 Å². The summed E-state index contributed by atoms with van der Waals surface area (Å²) in [4.78, 5) is 25.2. The van der Waals surface area contributed by atoms with Crippen LogP contribution < -0.4 is 0 Å². The van der Waals surface area contributed by atoms with Gasteiger partial charge in [0, 0.05) is 11.1 Å². The van der Waals surface area contributed by atoms with Crippen LogP contribution in [0.1, 0.15) is 35.5 Å².